The second-order valence-electron chi connectivity index (χ2n) is 5.23. The van der Waals surface area contributed by atoms with Crippen molar-refractivity contribution in [2.45, 2.75) is 12.6 Å². The molecule has 2 aromatic rings. The zero-order valence-electron chi connectivity index (χ0n) is 12.1. The molecule has 0 bridgehead atoms. The molecule has 3 rings (SSSR count). The van der Waals surface area contributed by atoms with Gasteiger partial charge in [0.15, 0.2) is 5.67 Å². The minimum atomic E-state index is -1.53. The van der Waals surface area contributed by atoms with Crippen molar-refractivity contribution in [1.82, 2.24) is 0 Å². The fourth-order valence-electron chi connectivity index (χ4n) is 2.82. The second kappa shape index (κ2) is 5.21. The first-order valence-electron chi connectivity index (χ1n) is 6.95. The summed E-state index contributed by atoms with van der Waals surface area (Å²) in [7, 11) is 1.61. The number of para-hydroxylation sites is 1. The fraction of sp³-hybridized carbons (Fsp3) is 0.158. The number of halogens is 1. The summed E-state index contributed by atoms with van der Waals surface area (Å²) in [6.45, 7) is 1.61. The van der Waals surface area contributed by atoms with Crippen molar-refractivity contribution in [3.05, 3.63) is 77.9 Å². The van der Waals surface area contributed by atoms with Gasteiger partial charge in [-0.1, -0.05) is 60.7 Å². The zero-order valence-corrected chi connectivity index (χ0v) is 12.1. The highest BCUT2D eigenvalue weighted by atomic mass is 19.1. The largest absolute Gasteiger partial charge is 0.496 e. The van der Waals surface area contributed by atoms with Crippen LogP contribution in [0.2, 0.25) is 0 Å². The SMILES string of the molecule is COc1ccccc1C1=CC=C(c2ccccc2)C1(C)F. The Hall–Kier alpha value is -2.35. The first-order valence-corrected chi connectivity index (χ1v) is 6.95. The molecule has 2 aromatic carbocycles. The average molecular weight is 280 g/mol. The minimum absolute atomic E-state index is 0.638. The smallest absolute Gasteiger partial charge is 0.159 e. The molecule has 0 fully saturated rings. The van der Waals surface area contributed by atoms with Gasteiger partial charge in [0.05, 0.1) is 7.11 Å². The molecule has 0 spiro atoms. The molecular formula is C19H17FO. The van der Waals surface area contributed by atoms with Gasteiger partial charge in [-0.15, -0.1) is 0 Å². The van der Waals surface area contributed by atoms with E-state index in [-0.39, 0.29) is 0 Å². The number of rotatable bonds is 3. The van der Waals surface area contributed by atoms with Crippen molar-refractivity contribution in [3.63, 3.8) is 0 Å². The lowest BCUT2D eigenvalue weighted by molar-refractivity contribution is 0.354. The van der Waals surface area contributed by atoms with Crippen molar-refractivity contribution < 1.29 is 9.13 Å². The lowest BCUT2D eigenvalue weighted by Crippen LogP contribution is -2.19. The van der Waals surface area contributed by atoms with Crippen molar-refractivity contribution in [3.8, 4) is 5.75 Å². The Morgan fingerprint density at radius 1 is 0.857 bits per heavy atom. The van der Waals surface area contributed by atoms with Crippen LogP contribution in [0.1, 0.15) is 18.1 Å². The maximum atomic E-state index is 15.4. The number of hydrogen-bond acceptors (Lipinski definition) is 1. The predicted octanol–water partition coefficient (Wildman–Crippen LogP) is 4.90. The van der Waals surface area contributed by atoms with Crippen LogP contribution in [-0.2, 0) is 0 Å². The highest BCUT2D eigenvalue weighted by Crippen LogP contribution is 2.47. The summed E-state index contributed by atoms with van der Waals surface area (Å²) in [6.07, 6.45) is 3.71. The van der Waals surface area contributed by atoms with Crippen LogP contribution in [0.3, 0.4) is 0 Å². The summed E-state index contributed by atoms with van der Waals surface area (Å²) in [4.78, 5) is 0. The molecule has 0 amide bonds. The van der Waals surface area contributed by atoms with Crippen molar-refractivity contribution in [2.75, 3.05) is 7.11 Å². The molecule has 1 aliphatic rings. The Morgan fingerprint density at radius 2 is 1.48 bits per heavy atom. The summed E-state index contributed by atoms with van der Waals surface area (Å²) in [5, 5.41) is 0. The maximum absolute atomic E-state index is 15.4. The fourth-order valence-corrected chi connectivity index (χ4v) is 2.82. The van der Waals surface area contributed by atoms with E-state index in [0.717, 1.165) is 11.1 Å². The first-order chi connectivity index (χ1) is 10.1. The number of methoxy groups -OCH3 is 1. The van der Waals surface area contributed by atoms with E-state index < -0.39 is 5.67 Å². The molecule has 1 unspecified atom stereocenters. The number of hydrogen-bond donors (Lipinski definition) is 0. The molecule has 21 heavy (non-hydrogen) atoms. The van der Waals surface area contributed by atoms with Crippen LogP contribution in [0.25, 0.3) is 11.1 Å². The zero-order chi connectivity index (χ0) is 14.9. The summed E-state index contributed by atoms with van der Waals surface area (Å²) in [6, 6.07) is 17.2. The lowest BCUT2D eigenvalue weighted by atomic mass is 9.86. The topological polar surface area (TPSA) is 9.23 Å². The molecule has 1 atom stereocenters. The molecular weight excluding hydrogens is 263 g/mol. The van der Waals surface area contributed by atoms with Gasteiger partial charge in [-0.25, -0.2) is 4.39 Å². The summed E-state index contributed by atoms with van der Waals surface area (Å²) < 4.78 is 20.8. The molecule has 0 radical (unpaired) electrons. The van der Waals surface area contributed by atoms with Crippen molar-refractivity contribution in [1.29, 1.82) is 0 Å². The van der Waals surface area contributed by atoms with Gasteiger partial charge in [0.1, 0.15) is 5.75 Å². The lowest BCUT2D eigenvalue weighted by Gasteiger charge is -2.24. The third kappa shape index (κ3) is 2.27. The second-order valence-corrected chi connectivity index (χ2v) is 5.23. The molecule has 0 aliphatic heterocycles. The Balaban J connectivity index is 2.02. The van der Waals surface area contributed by atoms with Crippen LogP contribution < -0.4 is 4.74 Å². The molecule has 0 heterocycles. The molecule has 106 valence electrons. The number of benzene rings is 2. The van der Waals surface area contributed by atoms with Gasteiger partial charge >= 0.3 is 0 Å². The van der Waals surface area contributed by atoms with E-state index >= 15 is 4.39 Å². The molecule has 0 N–H and O–H groups in total. The maximum Gasteiger partial charge on any atom is 0.159 e. The van der Waals surface area contributed by atoms with E-state index in [0.29, 0.717) is 16.9 Å². The van der Waals surface area contributed by atoms with Gasteiger partial charge in [0, 0.05) is 16.7 Å². The molecule has 1 nitrogen and oxygen atoms in total. The van der Waals surface area contributed by atoms with Crippen LogP contribution in [0, 0.1) is 0 Å². The van der Waals surface area contributed by atoms with Crippen molar-refractivity contribution >= 4 is 11.1 Å². The summed E-state index contributed by atoms with van der Waals surface area (Å²) in [5.74, 6) is 0.690. The highest BCUT2D eigenvalue weighted by Gasteiger charge is 2.38. The van der Waals surface area contributed by atoms with Crippen molar-refractivity contribution in [2.24, 2.45) is 0 Å². The Kier molecular flexibility index (Phi) is 3.38. The van der Waals surface area contributed by atoms with Crippen LogP contribution in [0.4, 0.5) is 4.39 Å². The van der Waals surface area contributed by atoms with Gasteiger partial charge < -0.3 is 4.74 Å². The van der Waals surface area contributed by atoms with Gasteiger partial charge in [-0.2, -0.15) is 0 Å². The standard InChI is InChI=1S/C19H17FO/c1-19(20)16(14-8-4-3-5-9-14)12-13-17(19)15-10-6-7-11-18(15)21-2/h3-13H,1-2H3. The van der Waals surface area contributed by atoms with Crippen LogP contribution in [0.5, 0.6) is 5.75 Å². The number of alkyl halides is 1. The third-order valence-electron chi connectivity index (χ3n) is 3.91. The molecule has 2 heteroatoms. The highest BCUT2D eigenvalue weighted by molar-refractivity contribution is 5.96. The van der Waals surface area contributed by atoms with Gasteiger partial charge in [0.2, 0.25) is 0 Å². The van der Waals surface area contributed by atoms with Gasteiger partial charge in [-0.3, -0.25) is 0 Å². The monoisotopic (exact) mass is 280 g/mol. The van der Waals surface area contributed by atoms with E-state index in [1.807, 2.05) is 66.7 Å². The quantitative estimate of drug-likeness (QED) is 0.776. The summed E-state index contributed by atoms with van der Waals surface area (Å²) >= 11 is 0. The van der Waals surface area contributed by atoms with E-state index in [1.54, 1.807) is 14.0 Å². The van der Waals surface area contributed by atoms with Crippen LogP contribution in [0.15, 0.2) is 66.7 Å². The first kappa shape index (κ1) is 13.6. The Labute approximate surface area is 124 Å². The van der Waals surface area contributed by atoms with E-state index in [1.165, 1.54) is 0 Å². The Bertz CT molecular complexity index is 711. The van der Waals surface area contributed by atoms with E-state index in [9.17, 15) is 0 Å². The molecule has 0 saturated heterocycles. The number of allylic oxidation sites excluding steroid dienone is 4. The molecule has 0 aromatic heterocycles. The molecule has 0 saturated carbocycles. The number of ether oxygens (including phenoxy) is 1. The average Bonchev–Trinajstić information content (AvgIpc) is 2.83. The van der Waals surface area contributed by atoms with Crippen LogP contribution >= 0.6 is 0 Å². The molecule has 1 aliphatic carbocycles. The minimum Gasteiger partial charge on any atom is -0.496 e. The van der Waals surface area contributed by atoms with Crippen LogP contribution in [-0.4, -0.2) is 12.8 Å². The summed E-state index contributed by atoms with van der Waals surface area (Å²) in [5.41, 5.74) is 1.49. The van der Waals surface area contributed by atoms with E-state index in [4.69, 9.17) is 4.74 Å². The normalized spacial score (nSPS) is 20.9. The Morgan fingerprint density at radius 3 is 2.19 bits per heavy atom. The van der Waals surface area contributed by atoms with Gasteiger partial charge in [-0.05, 0) is 18.6 Å². The van der Waals surface area contributed by atoms with E-state index in [2.05, 4.69) is 0 Å². The third-order valence-corrected chi connectivity index (χ3v) is 3.91. The predicted molar refractivity (Wildman–Crippen MR) is 84.9 cm³/mol. The van der Waals surface area contributed by atoms with Gasteiger partial charge in [0.25, 0.3) is 0 Å².